The summed E-state index contributed by atoms with van der Waals surface area (Å²) in [5.41, 5.74) is 3.22. The molecule has 0 amide bonds. The Labute approximate surface area is 76.4 Å². The lowest BCUT2D eigenvalue weighted by Crippen LogP contribution is -2.10. The monoisotopic (exact) mass is 174 g/mol. The smallest absolute Gasteiger partial charge is 0.0711 e. The molecule has 2 rings (SSSR count). The van der Waals surface area contributed by atoms with Crippen LogP contribution in [0.5, 0.6) is 0 Å². The Balaban J connectivity index is 2.38. The van der Waals surface area contributed by atoms with Crippen molar-refractivity contribution in [2.24, 2.45) is 5.16 Å². The van der Waals surface area contributed by atoms with E-state index in [1.807, 2.05) is 30.3 Å². The molecule has 0 radical (unpaired) electrons. The van der Waals surface area contributed by atoms with E-state index < -0.39 is 0 Å². The quantitative estimate of drug-likeness (QED) is 0.388. The highest BCUT2D eigenvalue weighted by molar-refractivity contribution is 5.90. The van der Waals surface area contributed by atoms with E-state index in [-0.39, 0.29) is 0 Å². The summed E-state index contributed by atoms with van der Waals surface area (Å²) in [4.78, 5) is 0. The van der Waals surface area contributed by atoms with Crippen LogP contribution in [-0.2, 0) is 0 Å². The van der Waals surface area contributed by atoms with Crippen molar-refractivity contribution in [1.29, 1.82) is 0 Å². The standard InChI is InChI=1S/C10H10N2O/c13-12-7-8-5-9-3-1-2-4-10(9)11-6-8/h1-5,7,11,13H,6H2/b12-7-. The topological polar surface area (TPSA) is 44.6 Å². The molecule has 0 aromatic heterocycles. The third-order valence-electron chi connectivity index (χ3n) is 2.01. The van der Waals surface area contributed by atoms with Crippen LogP contribution < -0.4 is 5.32 Å². The average molecular weight is 174 g/mol. The highest BCUT2D eigenvalue weighted by Crippen LogP contribution is 2.21. The third-order valence-corrected chi connectivity index (χ3v) is 2.01. The fraction of sp³-hybridized carbons (Fsp3) is 0.100. The molecule has 0 aliphatic carbocycles. The van der Waals surface area contributed by atoms with Gasteiger partial charge in [0.2, 0.25) is 0 Å². The first-order chi connectivity index (χ1) is 6.40. The van der Waals surface area contributed by atoms with Crippen LogP contribution in [0, 0.1) is 0 Å². The average Bonchev–Trinajstić information content (AvgIpc) is 2.18. The summed E-state index contributed by atoms with van der Waals surface area (Å²) >= 11 is 0. The maximum atomic E-state index is 8.37. The molecule has 0 unspecified atom stereocenters. The van der Waals surface area contributed by atoms with Crippen LogP contribution in [0.2, 0.25) is 0 Å². The maximum Gasteiger partial charge on any atom is 0.0711 e. The van der Waals surface area contributed by atoms with Crippen molar-refractivity contribution in [2.75, 3.05) is 11.9 Å². The number of anilines is 1. The van der Waals surface area contributed by atoms with E-state index in [1.54, 1.807) is 0 Å². The van der Waals surface area contributed by atoms with Gasteiger partial charge in [-0.15, -0.1) is 0 Å². The van der Waals surface area contributed by atoms with Crippen molar-refractivity contribution in [3.63, 3.8) is 0 Å². The minimum absolute atomic E-state index is 0.709. The second-order valence-corrected chi connectivity index (χ2v) is 2.90. The second kappa shape index (κ2) is 3.31. The molecule has 0 saturated carbocycles. The molecule has 0 spiro atoms. The van der Waals surface area contributed by atoms with Gasteiger partial charge in [0.1, 0.15) is 0 Å². The van der Waals surface area contributed by atoms with Gasteiger partial charge >= 0.3 is 0 Å². The Hall–Kier alpha value is -1.77. The molecule has 0 saturated heterocycles. The van der Waals surface area contributed by atoms with Gasteiger partial charge in [-0.1, -0.05) is 23.4 Å². The van der Waals surface area contributed by atoms with E-state index in [0.29, 0.717) is 6.54 Å². The van der Waals surface area contributed by atoms with Crippen LogP contribution in [0.15, 0.2) is 35.0 Å². The molecule has 0 bridgehead atoms. The number of para-hydroxylation sites is 1. The molecule has 13 heavy (non-hydrogen) atoms. The number of nitrogens with zero attached hydrogens (tertiary/aromatic N) is 1. The number of nitrogens with one attached hydrogen (secondary N) is 1. The largest absolute Gasteiger partial charge is 0.411 e. The number of hydrogen-bond donors (Lipinski definition) is 2. The van der Waals surface area contributed by atoms with Crippen LogP contribution >= 0.6 is 0 Å². The van der Waals surface area contributed by atoms with Crippen LogP contribution in [0.1, 0.15) is 5.56 Å². The van der Waals surface area contributed by atoms with Gasteiger partial charge in [-0.05, 0) is 23.3 Å². The summed E-state index contributed by atoms with van der Waals surface area (Å²) in [5.74, 6) is 0. The lowest BCUT2D eigenvalue weighted by atomic mass is 10.1. The summed E-state index contributed by atoms with van der Waals surface area (Å²) in [5, 5.41) is 14.6. The van der Waals surface area contributed by atoms with Crippen molar-refractivity contribution in [3.05, 3.63) is 35.4 Å². The summed E-state index contributed by atoms with van der Waals surface area (Å²) in [6.07, 6.45) is 3.45. The third kappa shape index (κ3) is 1.54. The van der Waals surface area contributed by atoms with Gasteiger partial charge in [-0.25, -0.2) is 0 Å². The summed E-state index contributed by atoms with van der Waals surface area (Å²) in [6, 6.07) is 8.02. The molecule has 1 aromatic rings. The predicted octanol–water partition coefficient (Wildman–Crippen LogP) is 1.96. The first-order valence-electron chi connectivity index (χ1n) is 4.11. The molecular weight excluding hydrogens is 164 g/mol. The molecule has 1 aliphatic rings. The van der Waals surface area contributed by atoms with Gasteiger partial charge in [0, 0.05) is 12.2 Å². The van der Waals surface area contributed by atoms with E-state index in [4.69, 9.17) is 5.21 Å². The van der Waals surface area contributed by atoms with Crippen LogP contribution in [0.3, 0.4) is 0 Å². The summed E-state index contributed by atoms with van der Waals surface area (Å²) < 4.78 is 0. The van der Waals surface area contributed by atoms with Gasteiger partial charge < -0.3 is 10.5 Å². The van der Waals surface area contributed by atoms with Crippen LogP contribution in [0.25, 0.3) is 6.08 Å². The summed E-state index contributed by atoms with van der Waals surface area (Å²) in [6.45, 7) is 0.709. The predicted molar refractivity (Wildman–Crippen MR) is 53.2 cm³/mol. The Morgan fingerprint density at radius 3 is 3.08 bits per heavy atom. The number of oxime groups is 1. The molecule has 0 atom stereocenters. The van der Waals surface area contributed by atoms with Crippen LogP contribution in [0.4, 0.5) is 5.69 Å². The fourth-order valence-electron chi connectivity index (χ4n) is 1.39. The van der Waals surface area contributed by atoms with Crippen molar-refractivity contribution < 1.29 is 5.21 Å². The fourth-order valence-corrected chi connectivity index (χ4v) is 1.39. The first-order valence-corrected chi connectivity index (χ1v) is 4.11. The number of benzene rings is 1. The molecule has 1 aromatic carbocycles. The molecule has 3 nitrogen and oxygen atoms in total. The normalized spacial score (nSPS) is 14.9. The molecule has 1 heterocycles. The van der Waals surface area contributed by atoms with Gasteiger partial charge in [-0.3, -0.25) is 0 Å². The van der Waals surface area contributed by atoms with E-state index in [1.165, 1.54) is 6.21 Å². The van der Waals surface area contributed by atoms with Crippen LogP contribution in [-0.4, -0.2) is 18.0 Å². The molecule has 66 valence electrons. The van der Waals surface area contributed by atoms with Crippen molar-refractivity contribution in [3.8, 4) is 0 Å². The second-order valence-electron chi connectivity index (χ2n) is 2.90. The van der Waals surface area contributed by atoms with Gasteiger partial charge in [0.05, 0.1) is 6.21 Å². The number of hydrogen-bond acceptors (Lipinski definition) is 3. The molecule has 3 heteroatoms. The van der Waals surface area contributed by atoms with E-state index in [9.17, 15) is 0 Å². The zero-order valence-corrected chi connectivity index (χ0v) is 7.07. The first kappa shape index (κ1) is 7.86. The van der Waals surface area contributed by atoms with E-state index in [0.717, 1.165) is 16.8 Å². The number of fused-ring (bicyclic) bond motifs is 1. The minimum Gasteiger partial charge on any atom is -0.411 e. The Bertz CT molecular complexity index is 369. The highest BCUT2D eigenvalue weighted by atomic mass is 16.4. The van der Waals surface area contributed by atoms with Gasteiger partial charge in [-0.2, -0.15) is 0 Å². The Morgan fingerprint density at radius 1 is 1.38 bits per heavy atom. The highest BCUT2D eigenvalue weighted by Gasteiger charge is 2.06. The maximum absolute atomic E-state index is 8.37. The zero-order chi connectivity index (χ0) is 9.10. The summed E-state index contributed by atoms with van der Waals surface area (Å²) in [7, 11) is 0. The molecule has 0 fully saturated rings. The SMILES string of the molecule is O/N=C\C1=Cc2ccccc2NC1. The lowest BCUT2D eigenvalue weighted by Gasteiger charge is -2.15. The van der Waals surface area contributed by atoms with Gasteiger partial charge in [0.15, 0.2) is 0 Å². The Kier molecular flexibility index (Phi) is 2.00. The van der Waals surface area contributed by atoms with Crippen molar-refractivity contribution in [2.45, 2.75) is 0 Å². The van der Waals surface area contributed by atoms with Crippen molar-refractivity contribution in [1.82, 2.24) is 0 Å². The minimum atomic E-state index is 0.709. The lowest BCUT2D eigenvalue weighted by molar-refractivity contribution is 0.321. The van der Waals surface area contributed by atoms with E-state index >= 15 is 0 Å². The van der Waals surface area contributed by atoms with Crippen molar-refractivity contribution >= 4 is 18.0 Å². The Morgan fingerprint density at radius 2 is 2.23 bits per heavy atom. The molecular formula is C10H10N2O. The van der Waals surface area contributed by atoms with E-state index in [2.05, 4.69) is 10.5 Å². The molecule has 2 N–H and O–H groups in total. The number of rotatable bonds is 1. The molecule has 1 aliphatic heterocycles. The zero-order valence-electron chi connectivity index (χ0n) is 7.07. The van der Waals surface area contributed by atoms with Gasteiger partial charge in [0.25, 0.3) is 0 Å².